The molecule has 2 heterocycles. The molecule has 0 atom stereocenters. The molecule has 0 unspecified atom stereocenters. The number of thiazole rings is 1. The van der Waals surface area contributed by atoms with Crippen LogP contribution in [0.3, 0.4) is 0 Å². The number of methoxy groups -OCH3 is 1. The number of carbonyl (C=O) groups is 2. The number of nitrogens with zero attached hydrogens (tertiary/aromatic N) is 3. The number of aryl methyl sites for hydroxylation is 1. The van der Waals surface area contributed by atoms with Gasteiger partial charge >= 0.3 is 6.18 Å². The van der Waals surface area contributed by atoms with Crippen LogP contribution in [-0.2, 0) is 17.5 Å². The number of alkyl halides is 3. The molecule has 0 bridgehead atoms. The lowest BCUT2D eigenvalue weighted by Gasteiger charge is -2.31. The van der Waals surface area contributed by atoms with E-state index >= 15 is 0 Å². The summed E-state index contributed by atoms with van der Waals surface area (Å²) in [5.41, 5.74) is 1.45. The molecule has 0 aliphatic carbocycles. The van der Waals surface area contributed by atoms with Gasteiger partial charge < -0.3 is 20.7 Å². The van der Waals surface area contributed by atoms with Crippen LogP contribution in [0.2, 0.25) is 0 Å². The van der Waals surface area contributed by atoms with Gasteiger partial charge in [-0.2, -0.15) is 13.2 Å². The molecule has 1 fully saturated rings. The van der Waals surface area contributed by atoms with Crippen molar-refractivity contribution in [3.05, 3.63) is 69.9 Å². The van der Waals surface area contributed by atoms with Crippen LogP contribution in [0.15, 0.2) is 42.7 Å². The summed E-state index contributed by atoms with van der Waals surface area (Å²) >= 11 is 1.25. The van der Waals surface area contributed by atoms with Gasteiger partial charge in [-0.25, -0.2) is 10.8 Å². The Kier molecular flexibility index (Phi) is 9.39. The fraction of sp³-hybridized carbons (Fsp3) is 0.321. The average Bonchev–Trinajstić information content (AvgIpc) is 3.36. The highest BCUT2D eigenvalue weighted by molar-refractivity contribution is 7.16. The smallest absolute Gasteiger partial charge is 0.420 e. The second kappa shape index (κ2) is 12.8. The first kappa shape index (κ1) is 30.8. The zero-order chi connectivity index (χ0) is 30.6. The Hall–Kier alpha value is -4.14. The molecule has 1 aliphatic rings. The zero-order valence-electron chi connectivity index (χ0n) is 23.6. The molecular weight excluding hydrogens is 571 g/mol. The van der Waals surface area contributed by atoms with Crippen LogP contribution in [0, 0.1) is 6.92 Å². The second-order valence-corrected chi connectivity index (χ2v) is 10.7. The van der Waals surface area contributed by atoms with Gasteiger partial charge in [0, 0.05) is 49.7 Å². The summed E-state index contributed by atoms with van der Waals surface area (Å²) in [7, 11) is 2.91. The molecule has 1 aromatic heterocycles. The largest absolute Gasteiger partial charge is 0.496 e. The van der Waals surface area contributed by atoms with E-state index in [2.05, 4.69) is 20.9 Å². The Morgan fingerprint density at radius 1 is 1.21 bits per heavy atom. The molecule has 224 valence electrons. The summed E-state index contributed by atoms with van der Waals surface area (Å²) in [6.45, 7) is 5.04. The molecule has 0 spiro atoms. The average molecular weight is 604 g/mol. The number of ether oxygens (including phenoxy) is 1. The maximum Gasteiger partial charge on any atom is 0.420 e. The van der Waals surface area contributed by atoms with E-state index in [0.29, 0.717) is 27.0 Å². The lowest BCUT2D eigenvalue weighted by Crippen LogP contribution is -2.36. The predicted molar refractivity (Wildman–Crippen MR) is 157 cm³/mol. The molecule has 0 radical (unpaired) electrons. The van der Waals surface area contributed by atoms with Crippen molar-refractivity contribution in [2.24, 2.45) is 5.84 Å². The molecule has 1 aliphatic heterocycles. The topological polar surface area (TPSA) is 125 Å². The maximum atomic E-state index is 13.9. The quantitative estimate of drug-likeness (QED) is 0.193. The number of hydrogen-bond acceptors (Lipinski definition) is 9. The first-order valence-corrected chi connectivity index (χ1v) is 13.8. The summed E-state index contributed by atoms with van der Waals surface area (Å²) in [6, 6.07) is 7.22. The van der Waals surface area contributed by atoms with E-state index in [1.165, 1.54) is 36.4 Å². The summed E-state index contributed by atoms with van der Waals surface area (Å²) in [5, 5.41) is 10.0. The summed E-state index contributed by atoms with van der Waals surface area (Å²) in [4.78, 5) is 31.5. The van der Waals surface area contributed by atoms with Gasteiger partial charge in [-0.3, -0.25) is 19.5 Å². The Bertz CT molecular complexity index is 1500. The molecule has 5 N–H and O–H groups in total. The maximum absolute atomic E-state index is 13.9. The Morgan fingerprint density at radius 2 is 1.95 bits per heavy atom. The lowest BCUT2D eigenvalue weighted by molar-refractivity contribution is -0.138. The van der Waals surface area contributed by atoms with Crippen molar-refractivity contribution < 1.29 is 27.5 Å². The van der Waals surface area contributed by atoms with Crippen molar-refractivity contribution >= 4 is 45.4 Å². The normalized spacial score (nSPS) is 13.8. The van der Waals surface area contributed by atoms with Gasteiger partial charge in [-0.15, -0.1) is 0 Å². The first-order valence-electron chi connectivity index (χ1n) is 13.0. The SMILES string of the molecule is CN/C(=C\N(N)c1cc(C(=O)Nc2cc(CN3CCC3)c(OC)c(C(F)(F)F)c2)ccc1C)c1cnc(NC(C)=O)s1. The summed E-state index contributed by atoms with van der Waals surface area (Å²) in [6.07, 6.45) is -0.503. The highest BCUT2D eigenvalue weighted by atomic mass is 32.1. The monoisotopic (exact) mass is 603 g/mol. The molecule has 2 amide bonds. The number of hydrogen-bond donors (Lipinski definition) is 4. The fourth-order valence-electron chi connectivity index (χ4n) is 4.41. The van der Waals surface area contributed by atoms with Crippen molar-refractivity contribution in [1.29, 1.82) is 0 Å². The minimum atomic E-state index is -4.68. The van der Waals surface area contributed by atoms with Crippen molar-refractivity contribution in [2.45, 2.75) is 33.0 Å². The molecule has 3 aromatic rings. The number of hydrazine groups is 1. The Labute approximate surface area is 245 Å². The number of halogens is 3. The number of benzene rings is 2. The molecule has 2 aromatic carbocycles. The number of nitrogens with two attached hydrogens (primary N) is 1. The highest BCUT2D eigenvalue weighted by Gasteiger charge is 2.36. The van der Waals surface area contributed by atoms with Gasteiger partial charge in [0.2, 0.25) is 5.91 Å². The van der Waals surface area contributed by atoms with Crippen LogP contribution in [0.1, 0.15) is 45.3 Å². The molecule has 1 saturated heterocycles. The van der Waals surface area contributed by atoms with Crippen molar-refractivity contribution in [3.63, 3.8) is 0 Å². The molecule has 0 saturated carbocycles. The van der Waals surface area contributed by atoms with E-state index in [1.807, 2.05) is 11.8 Å². The van der Waals surface area contributed by atoms with Gasteiger partial charge in [0.1, 0.15) is 5.75 Å². The molecular formula is C28H32F3N7O3S. The van der Waals surface area contributed by atoms with E-state index in [-0.39, 0.29) is 29.5 Å². The van der Waals surface area contributed by atoms with Crippen molar-refractivity contribution in [3.8, 4) is 5.75 Å². The van der Waals surface area contributed by atoms with Crippen molar-refractivity contribution in [1.82, 2.24) is 15.2 Å². The lowest BCUT2D eigenvalue weighted by atomic mass is 10.0. The van der Waals surface area contributed by atoms with E-state index < -0.39 is 17.6 Å². The number of aromatic nitrogens is 1. The summed E-state index contributed by atoms with van der Waals surface area (Å²) in [5.74, 6) is 5.27. The third kappa shape index (κ3) is 7.19. The van der Waals surface area contributed by atoms with Crippen LogP contribution in [0.5, 0.6) is 5.75 Å². The van der Waals surface area contributed by atoms with Crippen LogP contribution in [0.25, 0.3) is 5.70 Å². The van der Waals surface area contributed by atoms with E-state index in [1.54, 1.807) is 37.6 Å². The number of likely N-dealkylation sites (tertiary alicyclic amines) is 1. The van der Waals surface area contributed by atoms with E-state index in [0.717, 1.165) is 31.1 Å². The number of nitrogens with one attached hydrogen (secondary N) is 3. The molecule has 14 heteroatoms. The third-order valence-electron chi connectivity index (χ3n) is 6.62. The number of anilines is 3. The number of carbonyl (C=O) groups excluding carboxylic acids is 2. The zero-order valence-corrected chi connectivity index (χ0v) is 24.4. The predicted octanol–water partition coefficient (Wildman–Crippen LogP) is 4.79. The van der Waals surface area contributed by atoms with Gasteiger partial charge in [-0.1, -0.05) is 17.4 Å². The van der Waals surface area contributed by atoms with E-state index in [9.17, 15) is 22.8 Å². The number of rotatable bonds is 10. The Morgan fingerprint density at radius 3 is 2.55 bits per heavy atom. The van der Waals surface area contributed by atoms with Gasteiger partial charge in [0.05, 0.1) is 28.9 Å². The van der Waals surface area contributed by atoms with Gasteiger partial charge in [0.15, 0.2) is 5.13 Å². The standard InChI is InChI=1S/C28H32F3N7O3S/c1-16-6-7-18(11-23(16)38(32)15-22(33-3)24-13-34-27(42-24)35-17(2)39)26(40)36-20-10-19(14-37-8-5-9-37)25(41-4)21(12-20)28(29,30)31/h6-7,10-13,15,33H,5,8-9,14,32H2,1-4H3,(H,36,40)(H,34,35,39)/b22-15-. The van der Waals surface area contributed by atoms with Crippen LogP contribution in [-0.4, -0.2) is 48.9 Å². The minimum Gasteiger partial charge on any atom is -0.496 e. The molecule has 4 rings (SSSR count). The van der Waals surface area contributed by atoms with Gasteiger partial charge in [0.25, 0.3) is 5.91 Å². The van der Waals surface area contributed by atoms with E-state index in [4.69, 9.17) is 10.6 Å². The third-order valence-corrected chi connectivity index (χ3v) is 7.56. The molecule has 42 heavy (non-hydrogen) atoms. The van der Waals surface area contributed by atoms with Crippen LogP contribution >= 0.6 is 11.3 Å². The molecule has 10 nitrogen and oxygen atoms in total. The summed E-state index contributed by atoms with van der Waals surface area (Å²) < 4.78 is 46.9. The number of amides is 2. The van der Waals surface area contributed by atoms with Crippen LogP contribution < -0.4 is 31.5 Å². The highest BCUT2D eigenvalue weighted by Crippen LogP contribution is 2.41. The minimum absolute atomic E-state index is 0.00733. The Balaban J connectivity index is 1.60. The second-order valence-electron chi connectivity index (χ2n) is 9.71. The van der Waals surface area contributed by atoms with Gasteiger partial charge in [-0.05, 0) is 56.3 Å². The van der Waals surface area contributed by atoms with Crippen LogP contribution in [0.4, 0.5) is 29.7 Å². The fourth-order valence-corrected chi connectivity index (χ4v) is 5.29. The van der Waals surface area contributed by atoms with Crippen molar-refractivity contribution in [2.75, 3.05) is 42.9 Å². The first-order chi connectivity index (χ1) is 19.9.